The number of benzene rings is 2. The molecule has 4 atom stereocenters. The van der Waals surface area contributed by atoms with Crippen LogP contribution in [0.25, 0.3) is 0 Å². The third-order valence-electron chi connectivity index (χ3n) is 5.62. The number of rotatable bonds is 2. The summed E-state index contributed by atoms with van der Waals surface area (Å²) < 4.78 is 24.7. The highest BCUT2D eigenvalue weighted by Gasteiger charge is 2.48. The summed E-state index contributed by atoms with van der Waals surface area (Å²) in [5, 5.41) is 0. The third-order valence-corrected chi connectivity index (χ3v) is 5.62. The second-order valence-corrected chi connectivity index (χ2v) is 7.21. The van der Waals surface area contributed by atoms with Crippen molar-refractivity contribution in [1.29, 1.82) is 0 Å². The number of hydrogen-bond acceptors (Lipinski definition) is 3. The zero-order chi connectivity index (χ0) is 17.7. The highest BCUT2D eigenvalue weighted by Crippen LogP contribution is 2.38. The van der Waals surface area contributed by atoms with E-state index in [0.717, 1.165) is 17.5 Å². The van der Waals surface area contributed by atoms with Crippen LogP contribution in [0.4, 0.5) is 4.39 Å². The Morgan fingerprint density at radius 3 is 2.69 bits per heavy atom. The van der Waals surface area contributed by atoms with Crippen molar-refractivity contribution in [3.05, 3.63) is 71.0 Å². The number of carbonyl (C=O) groups excluding carboxylic acids is 1. The molecular formula is C21H20FNO3. The molecule has 5 rings (SSSR count). The number of amides is 1. The van der Waals surface area contributed by atoms with E-state index in [4.69, 9.17) is 9.47 Å². The van der Waals surface area contributed by atoms with E-state index in [9.17, 15) is 9.18 Å². The first-order chi connectivity index (χ1) is 12.7. The lowest BCUT2D eigenvalue weighted by atomic mass is 9.87. The molecule has 4 nitrogen and oxygen atoms in total. The van der Waals surface area contributed by atoms with Crippen molar-refractivity contribution in [3.8, 4) is 0 Å². The van der Waals surface area contributed by atoms with Crippen molar-refractivity contribution >= 4 is 5.91 Å². The van der Waals surface area contributed by atoms with Gasteiger partial charge in [0.05, 0.1) is 18.8 Å². The van der Waals surface area contributed by atoms with E-state index >= 15 is 0 Å². The van der Waals surface area contributed by atoms with E-state index in [-0.39, 0.29) is 30.0 Å². The molecule has 0 aliphatic carbocycles. The fourth-order valence-corrected chi connectivity index (χ4v) is 4.19. The summed E-state index contributed by atoms with van der Waals surface area (Å²) in [6, 6.07) is 14.4. The lowest BCUT2D eigenvalue weighted by Gasteiger charge is -2.39. The van der Waals surface area contributed by atoms with Gasteiger partial charge in [0.15, 0.2) is 0 Å². The van der Waals surface area contributed by atoms with Crippen LogP contribution in [0.15, 0.2) is 48.5 Å². The summed E-state index contributed by atoms with van der Waals surface area (Å²) in [5.41, 5.74) is 3.26. The molecule has 2 aromatic rings. The average Bonchev–Trinajstić information content (AvgIpc) is 3.46. The smallest absolute Gasteiger partial charge is 0.252 e. The molecule has 134 valence electrons. The minimum absolute atomic E-state index is 0.00257. The van der Waals surface area contributed by atoms with E-state index in [1.807, 2.05) is 17.0 Å². The van der Waals surface area contributed by atoms with E-state index in [1.54, 1.807) is 12.1 Å². The zero-order valence-corrected chi connectivity index (χ0v) is 14.3. The maximum Gasteiger partial charge on any atom is 0.252 e. The molecule has 1 unspecified atom stereocenters. The van der Waals surface area contributed by atoms with Crippen LogP contribution in [0.1, 0.15) is 29.2 Å². The van der Waals surface area contributed by atoms with Gasteiger partial charge in [0, 0.05) is 13.0 Å². The first kappa shape index (κ1) is 16.0. The molecule has 0 bridgehead atoms. The number of halogens is 1. The van der Waals surface area contributed by atoms with E-state index in [0.29, 0.717) is 19.6 Å². The van der Waals surface area contributed by atoms with Crippen molar-refractivity contribution in [2.24, 2.45) is 0 Å². The lowest BCUT2D eigenvalue weighted by molar-refractivity contribution is -0.147. The number of ether oxygens (including phenoxy) is 2. The molecule has 3 aliphatic heterocycles. The molecule has 2 aromatic carbocycles. The Hall–Kier alpha value is -2.24. The van der Waals surface area contributed by atoms with Gasteiger partial charge in [-0.2, -0.15) is 0 Å². The average molecular weight is 353 g/mol. The predicted octanol–water partition coefficient (Wildman–Crippen LogP) is 2.86. The van der Waals surface area contributed by atoms with Crippen LogP contribution in [-0.2, 0) is 20.7 Å². The topological polar surface area (TPSA) is 42.1 Å². The molecule has 26 heavy (non-hydrogen) atoms. The largest absolute Gasteiger partial charge is 0.367 e. The van der Waals surface area contributed by atoms with Gasteiger partial charge in [-0.05, 0) is 35.2 Å². The molecule has 5 heteroatoms. The number of nitrogens with zero attached hydrogens (tertiary/aromatic N) is 1. The van der Waals surface area contributed by atoms with Gasteiger partial charge in [-0.3, -0.25) is 4.79 Å². The second-order valence-electron chi connectivity index (χ2n) is 7.21. The molecule has 0 N–H and O–H groups in total. The van der Waals surface area contributed by atoms with Gasteiger partial charge in [-0.25, -0.2) is 4.39 Å². The fourth-order valence-electron chi connectivity index (χ4n) is 4.19. The first-order valence-electron chi connectivity index (χ1n) is 9.11. The predicted molar refractivity (Wildman–Crippen MR) is 93.1 cm³/mol. The van der Waals surface area contributed by atoms with Crippen LogP contribution in [-0.4, -0.2) is 42.3 Å². The summed E-state index contributed by atoms with van der Waals surface area (Å²) in [4.78, 5) is 15.1. The van der Waals surface area contributed by atoms with Crippen LogP contribution in [0, 0.1) is 5.82 Å². The van der Waals surface area contributed by atoms with Crippen molar-refractivity contribution in [3.63, 3.8) is 0 Å². The van der Waals surface area contributed by atoms with Gasteiger partial charge < -0.3 is 14.4 Å². The van der Waals surface area contributed by atoms with Gasteiger partial charge in [-0.15, -0.1) is 0 Å². The minimum Gasteiger partial charge on any atom is -0.367 e. The van der Waals surface area contributed by atoms with E-state index < -0.39 is 6.10 Å². The summed E-state index contributed by atoms with van der Waals surface area (Å²) >= 11 is 0. The summed E-state index contributed by atoms with van der Waals surface area (Å²) in [5.74, 6) is -0.272. The molecule has 0 spiro atoms. The molecule has 2 fully saturated rings. The number of epoxide rings is 1. The first-order valence-corrected chi connectivity index (χ1v) is 9.11. The van der Waals surface area contributed by atoms with Gasteiger partial charge in [0.25, 0.3) is 5.91 Å². The Labute approximate surface area is 151 Å². The van der Waals surface area contributed by atoms with Crippen molar-refractivity contribution in [2.75, 3.05) is 13.2 Å². The molecule has 1 amide bonds. The molecule has 0 aromatic heterocycles. The third kappa shape index (κ3) is 2.72. The SMILES string of the molecule is O=C(C1C[C@@H]2O[C@@H]2CO1)N1CCc2ccccc2[C@@H]1c1ccc(F)cc1. The highest BCUT2D eigenvalue weighted by atomic mass is 19.1. The Morgan fingerprint density at radius 2 is 1.88 bits per heavy atom. The van der Waals surface area contributed by atoms with Gasteiger partial charge in [-0.1, -0.05) is 36.4 Å². The minimum atomic E-state index is -0.452. The van der Waals surface area contributed by atoms with Crippen LogP contribution in [0.5, 0.6) is 0 Å². The molecule has 0 radical (unpaired) electrons. The molecular weight excluding hydrogens is 333 g/mol. The lowest BCUT2D eigenvalue weighted by Crippen LogP contribution is -2.48. The van der Waals surface area contributed by atoms with Crippen LogP contribution in [0.2, 0.25) is 0 Å². The van der Waals surface area contributed by atoms with Gasteiger partial charge in [0.2, 0.25) is 0 Å². The Kier molecular flexibility index (Phi) is 3.80. The van der Waals surface area contributed by atoms with Crippen molar-refractivity contribution < 1.29 is 18.7 Å². The monoisotopic (exact) mass is 353 g/mol. The van der Waals surface area contributed by atoms with Gasteiger partial charge in [0.1, 0.15) is 18.0 Å². The molecule has 3 heterocycles. The van der Waals surface area contributed by atoms with Crippen molar-refractivity contribution in [2.45, 2.75) is 37.2 Å². The van der Waals surface area contributed by atoms with Crippen molar-refractivity contribution in [1.82, 2.24) is 4.90 Å². The maximum atomic E-state index is 13.4. The van der Waals surface area contributed by atoms with E-state index in [2.05, 4.69) is 12.1 Å². The fraction of sp³-hybridized carbons (Fsp3) is 0.381. The standard InChI is InChI=1S/C21H20FNO3/c22-15-7-5-14(6-8-15)20-16-4-2-1-3-13(16)9-10-23(20)21(24)18-11-17-19(26-17)12-25-18/h1-8,17-20H,9-12H2/t17-,18?,19+,20-/m0/s1. The Balaban J connectivity index is 1.50. The van der Waals surface area contributed by atoms with Crippen LogP contribution < -0.4 is 0 Å². The van der Waals surface area contributed by atoms with Crippen LogP contribution in [0.3, 0.4) is 0 Å². The molecule has 3 aliphatic rings. The Morgan fingerprint density at radius 1 is 1.08 bits per heavy atom. The summed E-state index contributed by atoms with van der Waals surface area (Å²) in [7, 11) is 0. The van der Waals surface area contributed by atoms with E-state index in [1.165, 1.54) is 17.7 Å². The number of fused-ring (bicyclic) bond motifs is 2. The highest BCUT2D eigenvalue weighted by molar-refractivity contribution is 5.82. The van der Waals surface area contributed by atoms with Crippen LogP contribution >= 0.6 is 0 Å². The maximum absolute atomic E-state index is 13.4. The molecule has 0 saturated carbocycles. The normalized spacial score (nSPS) is 29.7. The summed E-state index contributed by atoms with van der Waals surface area (Å²) in [6.45, 7) is 1.12. The summed E-state index contributed by atoms with van der Waals surface area (Å²) in [6.07, 6.45) is 1.33. The second kappa shape index (κ2) is 6.18. The number of carbonyl (C=O) groups is 1. The number of hydrogen-bond donors (Lipinski definition) is 0. The quantitative estimate of drug-likeness (QED) is 0.780. The van der Waals surface area contributed by atoms with Gasteiger partial charge >= 0.3 is 0 Å². The zero-order valence-electron chi connectivity index (χ0n) is 14.3. The Bertz CT molecular complexity index is 837. The molecule has 2 saturated heterocycles.